The smallest absolute Gasteiger partial charge is 0.0590 e. The maximum Gasteiger partial charge on any atom is 0.0590 e. The van der Waals surface area contributed by atoms with Crippen molar-refractivity contribution >= 4 is 15.9 Å². The molecular weight excluding hydrogens is 316 g/mol. The molecule has 20 heavy (non-hydrogen) atoms. The van der Waals surface area contributed by atoms with E-state index in [0.29, 0.717) is 6.04 Å². The first-order chi connectivity index (χ1) is 9.52. The lowest BCUT2D eigenvalue weighted by atomic mass is 9.97. The highest BCUT2D eigenvalue weighted by Crippen LogP contribution is 2.31. The lowest BCUT2D eigenvalue weighted by Gasteiger charge is -2.39. The van der Waals surface area contributed by atoms with Gasteiger partial charge in [-0.05, 0) is 31.9 Å². The van der Waals surface area contributed by atoms with Crippen LogP contribution in [0.3, 0.4) is 0 Å². The fourth-order valence-corrected chi connectivity index (χ4v) is 3.06. The van der Waals surface area contributed by atoms with E-state index in [9.17, 15) is 0 Å². The van der Waals surface area contributed by atoms with Gasteiger partial charge in [-0.25, -0.2) is 0 Å². The van der Waals surface area contributed by atoms with Gasteiger partial charge < -0.3 is 10.5 Å². The molecule has 4 heteroatoms. The van der Waals surface area contributed by atoms with Crippen molar-refractivity contribution in [2.75, 3.05) is 20.3 Å². The summed E-state index contributed by atoms with van der Waals surface area (Å²) in [4.78, 5) is 2.45. The van der Waals surface area contributed by atoms with E-state index in [0.717, 1.165) is 24.0 Å². The Bertz CT molecular complexity index is 398. The van der Waals surface area contributed by atoms with Crippen LogP contribution >= 0.6 is 15.9 Å². The van der Waals surface area contributed by atoms with Crippen LogP contribution in [0.2, 0.25) is 0 Å². The van der Waals surface area contributed by atoms with Crippen molar-refractivity contribution in [2.24, 2.45) is 5.73 Å². The second kappa shape index (κ2) is 8.78. The number of ether oxygens (including phenoxy) is 1. The summed E-state index contributed by atoms with van der Waals surface area (Å²) in [5.74, 6) is 0. The van der Waals surface area contributed by atoms with Crippen LogP contribution in [0, 0.1) is 0 Å². The third kappa shape index (κ3) is 4.55. The molecule has 0 radical (unpaired) electrons. The van der Waals surface area contributed by atoms with Crippen LogP contribution in [0.15, 0.2) is 28.7 Å². The predicted molar refractivity (Wildman–Crippen MR) is 88.9 cm³/mol. The fraction of sp³-hybridized carbons (Fsp3) is 0.625. The number of hydrogen-bond donors (Lipinski definition) is 1. The van der Waals surface area contributed by atoms with Crippen LogP contribution in [-0.4, -0.2) is 37.2 Å². The van der Waals surface area contributed by atoms with Gasteiger partial charge in [-0.15, -0.1) is 0 Å². The molecular formula is C16H27BrN2O. The van der Waals surface area contributed by atoms with Crippen molar-refractivity contribution < 1.29 is 4.74 Å². The number of nitrogens with zero attached hydrogens (tertiary/aromatic N) is 1. The minimum Gasteiger partial charge on any atom is -0.383 e. The normalized spacial score (nSPS) is 16.1. The number of hydrogen-bond acceptors (Lipinski definition) is 3. The fourth-order valence-electron chi connectivity index (χ4n) is 2.54. The van der Waals surface area contributed by atoms with E-state index >= 15 is 0 Å². The van der Waals surface area contributed by atoms with Gasteiger partial charge in [0.25, 0.3) is 0 Å². The standard InChI is InChI=1S/C16H27BrN2O/c1-5-12(2)19(10-11-20-4)16(13(3)18)14-8-6-7-9-15(14)17/h6-9,12-13,16H,5,10-11,18H2,1-4H3. The number of benzene rings is 1. The molecule has 114 valence electrons. The highest BCUT2D eigenvalue weighted by Gasteiger charge is 2.28. The van der Waals surface area contributed by atoms with Gasteiger partial charge in [-0.1, -0.05) is 41.1 Å². The van der Waals surface area contributed by atoms with Crippen LogP contribution in [-0.2, 0) is 4.74 Å². The molecule has 0 amide bonds. The molecule has 0 aliphatic carbocycles. The number of rotatable bonds is 8. The number of nitrogens with two attached hydrogens (primary N) is 1. The average molecular weight is 343 g/mol. The molecule has 0 aromatic heterocycles. The molecule has 0 saturated carbocycles. The molecule has 0 aliphatic rings. The summed E-state index contributed by atoms with van der Waals surface area (Å²) >= 11 is 3.66. The topological polar surface area (TPSA) is 38.5 Å². The van der Waals surface area contributed by atoms with E-state index in [1.165, 1.54) is 5.56 Å². The summed E-state index contributed by atoms with van der Waals surface area (Å²) in [5, 5.41) is 0. The van der Waals surface area contributed by atoms with Gasteiger partial charge in [0.05, 0.1) is 12.6 Å². The molecule has 3 unspecified atom stereocenters. The highest BCUT2D eigenvalue weighted by molar-refractivity contribution is 9.10. The first-order valence-electron chi connectivity index (χ1n) is 7.27. The summed E-state index contributed by atoms with van der Waals surface area (Å²) in [6, 6.07) is 9.05. The van der Waals surface area contributed by atoms with Crippen LogP contribution in [0.25, 0.3) is 0 Å². The zero-order chi connectivity index (χ0) is 15.1. The molecule has 0 bridgehead atoms. The Morgan fingerprint density at radius 1 is 1.30 bits per heavy atom. The highest BCUT2D eigenvalue weighted by atomic mass is 79.9. The zero-order valence-corrected chi connectivity index (χ0v) is 14.6. The largest absolute Gasteiger partial charge is 0.383 e. The second-order valence-corrected chi connectivity index (χ2v) is 6.17. The molecule has 3 nitrogen and oxygen atoms in total. The van der Waals surface area contributed by atoms with E-state index in [4.69, 9.17) is 10.5 Å². The zero-order valence-electron chi connectivity index (χ0n) is 13.0. The maximum absolute atomic E-state index is 6.30. The summed E-state index contributed by atoms with van der Waals surface area (Å²) in [7, 11) is 1.74. The third-order valence-electron chi connectivity index (χ3n) is 3.79. The minimum absolute atomic E-state index is 0.0551. The van der Waals surface area contributed by atoms with Crippen LogP contribution in [0.1, 0.15) is 38.8 Å². The predicted octanol–water partition coefficient (Wildman–Crippen LogP) is 3.58. The number of methoxy groups -OCH3 is 1. The van der Waals surface area contributed by atoms with Crippen molar-refractivity contribution in [1.29, 1.82) is 0 Å². The van der Waals surface area contributed by atoms with Gasteiger partial charge in [0, 0.05) is 30.2 Å². The van der Waals surface area contributed by atoms with Crippen molar-refractivity contribution in [3.63, 3.8) is 0 Å². The average Bonchev–Trinajstić information content (AvgIpc) is 2.43. The van der Waals surface area contributed by atoms with Crippen LogP contribution in [0.4, 0.5) is 0 Å². The monoisotopic (exact) mass is 342 g/mol. The summed E-state index contributed by atoms with van der Waals surface area (Å²) in [6.07, 6.45) is 1.09. The summed E-state index contributed by atoms with van der Waals surface area (Å²) in [5.41, 5.74) is 7.55. The van der Waals surface area contributed by atoms with Crippen molar-refractivity contribution in [2.45, 2.75) is 45.3 Å². The quantitative estimate of drug-likeness (QED) is 0.784. The Kier molecular flexibility index (Phi) is 7.74. The molecule has 0 aliphatic heterocycles. The van der Waals surface area contributed by atoms with E-state index in [2.05, 4.69) is 59.8 Å². The number of halogens is 1. The van der Waals surface area contributed by atoms with Crippen molar-refractivity contribution in [1.82, 2.24) is 4.90 Å². The Labute approximate surface area is 131 Å². The molecule has 0 heterocycles. The molecule has 0 spiro atoms. The van der Waals surface area contributed by atoms with E-state index < -0.39 is 0 Å². The minimum atomic E-state index is 0.0551. The molecule has 0 saturated heterocycles. The molecule has 2 N–H and O–H groups in total. The van der Waals surface area contributed by atoms with Gasteiger partial charge in [-0.2, -0.15) is 0 Å². The van der Waals surface area contributed by atoms with Gasteiger partial charge in [0.2, 0.25) is 0 Å². The molecule has 1 aromatic rings. The third-order valence-corrected chi connectivity index (χ3v) is 4.51. The SMILES string of the molecule is CCC(C)N(CCOC)C(c1ccccc1Br)C(C)N. The Morgan fingerprint density at radius 2 is 1.95 bits per heavy atom. The van der Waals surface area contributed by atoms with Gasteiger partial charge in [0.1, 0.15) is 0 Å². The van der Waals surface area contributed by atoms with E-state index in [1.54, 1.807) is 7.11 Å². The maximum atomic E-state index is 6.30. The summed E-state index contributed by atoms with van der Waals surface area (Å²) in [6.45, 7) is 8.15. The molecule has 1 rings (SSSR count). The molecule has 1 aromatic carbocycles. The van der Waals surface area contributed by atoms with Gasteiger partial charge >= 0.3 is 0 Å². The van der Waals surface area contributed by atoms with Crippen molar-refractivity contribution in [3.05, 3.63) is 34.3 Å². The molecule has 0 fully saturated rings. The molecule has 3 atom stereocenters. The van der Waals surface area contributed by atoms with Crippen molar-refractivity contribution in [3.8, 4) is 0 Å². The lowest BCUT2D eigenvalue weighted by molar-refractivity contribution is 0.0784. The Balaban J connectivity index is 3.10. The Morgan fingerprint density at radius 3 is 2.45 bits per heavy atom. The second-order valence-electron chi connectivity index (χ2n) is 5.31. The van der Waals surface area contributed by atoms with Crippen LogP contribution < -0.4 is 5.73 Å². The first kappa shape index (κ1) is 17.6. The van der Waals surface area contributed by atoms with Gasteiger partial charge in [0.15, 0.2) is 0 Å². The van der Waals surface area contributed by atoms with E-state index in [1.807, 2.05) is 6.07 Å². The lowest BCUT2D eigenvalue weighted by Crippen LogP contribution is -2.45. The van der Waals surface area contributed by atoms with E-state index in [-0.39, 0.29) is 12.1 Å². The van der Waals surface area contributed by atoms with Gasteiger partial charge in [-0.3, -0.25) is 4.90 Å². The van der Waals surface area contributed by atoms with Crippen LogP contribution in [0.5, 0.6) is 0 Å². The Hall–Kier alpha value is -0.420. The first-order valence-corrected chi connectivity index (χ1v) is 8.06. The summed E-state index contributed by atoms with van der Waals surface area (Å²) < 4.78 is 6.39.